The van der Waals surface area contributed by atoms with Gasteiger partial charge in [-0.3, -0.25) is 0 Å². The van der Waals surface area contributed by atoms with Crippen molar-refractivity contribution in [3.05, 3.63) is 18.2 Å². The van der Waals surface area contributed by atoms with Crippen molar-refractivity contribution in [2.75, 3.05) is 19.6 Å². The lowest BCUT2D eigenvalue weighted by Crippen LogP contribution is -2.44. The van der Waals surface area contributed by atoms with Crippen LogP contribution in [0.3, 0.4) is 0 Å². The van der Waals surface area contributed by atoms with Gasteiger partial charge in [0.15, 0.2) is 0 Å². The zero-order chi connectivity index (χ0) is 12.1. The summed E-state index contributed by atoms with van der Waals surface area (Å²) in [6, 6.07) is 0. The largest absolute Gasteiger partial charge is 0.348 e. The van der Waals surface area contributed by atoms with Gasteiger partial charge in [-0.1, -0.05) is 6.42 Å². The summed E-state index contributed by atoms with van der Waals surface area (Å²) >= 11 is 0. The van der Waals surface area contributed by atoms with E-state index in [0.717, 1.165) is 25.0 Å². The standard InChI is InChI=1S/C10H18N4O2S/c15-17(16,14-6-2-1-3-7-14)13-5-4-10-8-11-9-12-10/h8-9,13H,1-7H2,(H,11,12). The van der Waals surface area contributed by atoms with E-state index in [0.29, 0.717) is 26.1 Å². The monoisotopic (exact) mass is 258 g/mol. The van der Waals surface area contributed by atoms with Crippen molar-refractivity contribution in [1.82, 2.24) is 19.0 Å². The molecule has 7 heteroatoms. The normalized spacial score (nSPS) is 18.4. The second-order valence-electron chi connectivity index (χ2n) is 4.19. The van der Waals surface area contributed by atoms with Crippen molar-refractivity contribution in [3.8, 4) is 0 Å². The highest BCUT2D eigenvalue weighted by atomic mass is 32.2. The molecule has 0 aromatic carbocycles. The number of H-pyrrole nitrogens is 1. The molecule has 1 aromatic rings. The van der Waals surface area contributed by atoms with Crippen LogP contribution >= 0.6 is 0 Å². The second-order valence-corrected chi connectivity index (χ2v) is 5.94. The maximum Gasteiger partial charge on any atom is 0.279 e. The number of piperidine rings is 1. The van der Waals surface area contributed by atoms with Crippen molar-refractivity contribution < 1.29 is 8.42 Å². The van der Waals surface area contributed by atoms with E-state index in [-0.39, 0.29) is 0 Å². The first-order valence-corrected chi connectivity index (χ1v) is 7.34. The van der Waals surface area contributed by atoms with Crippen molar-refractivity contribution >= 4 is 10.2 Å². The second kappa shape index (κ2) is 5.61. The fraction of sp³-hybridized carbons (Fsp3) is 0.700. The van der Waals surface area contributed by atoms with Crippen LogP contribution in [-0.2, 0) is 16.6 Å². The maximum atomic E-state index is 11.9. The molecule has 6 nitrogen and oxygen atoms in total. The predicted octanol–water partition coefficient (Wildman–Crippen LogP) is 0.272. The Labute approximate surface area is 102 Å². The quantitative estimate of drug-likeness (QED) is 0.796. The van der Waals surface area contributed by atoms with E-state index in [1.54, 1.807) is 12.5 Å². The van der Waals surface area contributed by atoms with Gasteiger partial charge in [0.2, 0.25) is 0 Å². The molecule has 96 valence electrons. The summed E-state index contributed by atoms with van der Waals surface area (Å²) in [5.74, 6) is 0. The number of hydrogen-bond donors (Lipinski definition) is 2. The molecule has 0 radical (unpaired) electrons. The molecule has 1 aliphatic heterocycles. The Morgan fingerprint density at radius 2 is 2.12 bits per heavy atom. The van der Waals surface area contributed by atoms with E-state index in [1.807, 2.05) is 0 Å². The summed E-state index contributed by atoms with van der Waals surface area (Å²) in [4.78, 5) is 6.83. The zero-order valence-corrected chi connectivity index (χ0v) is 10.5. The Morgan fingerprint density at radius 3 is 2.76 bits per heavy atom. The highest BCUT2D eigenvalue weighted by molar-refractivity contribution is 7.87. The number of nitrogens with zero attached hydrogens (tertiary/aromatic N) is 2. The molecule has 2 N–H and O–H groups in total. The minimum absolute atomic E-state index is 0.404. The molecule has 0 saturated carbocycles. The Kier molecular flexibility index (Phi) is 4.14. The molecule has 1 fully saturated rings. The van der Waals surface area contributed by atoms with Gasteiger partial charge in [-0.2, -0.15) is 12.7 Å². The third-order valence-electron chi connectivity index (χ3n) is 2.89. The fourth-order valence-corrected chi connectivity index (χ4v) is 3.21. The van der Waals surface area contributed by atoms with Crippen LogP contribution in [0.1, 0.15) is 25.0 Å². The summed E-state index contributed by atoms with van der Waals surface area (Å²) in [5, 5.41) is 0. The molecule has 0 atom stereocenters. The lowest BCUT2D eigenvalue weighted by Gasteiger charge is -2.25. The predicted molar refractivity (Wildman–Crippen MR) is 64.6 cm³/mol. The number of rotatable bonds is 5. The average Bonchev–Trinajstić information content (AvgIpc) is 2.83. The average molecular weight is 258 g/mol. The molecule has 2 heterocycles. The summed E-state index contributed by atoms with van der Waals surface area (Å²) in [7, 11) is -3.29. The lowest BCUT2D eigenvalue weighted by atomic mass is 10.2. The molecule has 0 unspecified atom stereocenters. The van der Waals surface area contributed by atoms with Gasteiger partial charge in [-0.25, -0.2) is 9.71 Å². The first-order valence-electron chi connectivity index (χ1n) is 5.90. The fourth-order valence-electron chi connectivity index (χ4n) is 1.93. The molecule has 2 rings (SSSR count). The van der Waals surface area contributed by atoms with E-state index in [9.17, 15) is 8.42 Å². The van der Waals surface area contributed by atoms with Crippen LogP contribution in [0.2, 0.25) is 0 Å². The van der Waals surface area contributed by atoms with Gasteiger partial charge >= 0.3 is 0 Å². The van der Waals surface area contributed by atoms with E-state index < -0.39 is 10.2 Å². The number of nitrogens with one attached hydrogen (secondary N) is 2. The molecular formula is C10H18N4O2S. The first-order chi connectivity index (χ1) is 8.18. The number of hydrogen-bond acceptors (Lipinski definition) is 3. The summed E-state index contributed by atoms with van der Waals surface area (Å²) in [6.07, 6.45) is 6.97. The minimum Gasteiger partial charge on any atom is -0.348 e. The topological polar surface area (TPSA) is 78.1 Å². The van der Waals surface area contributed by atoms with Gasteiger partial charge in [0.05, 0.1) is 6.33 Å². The third-order valence-corrected chi connectivity index (χ3v) is 4.50. The van der Waals surface area contributed by atoms with Crippen LogP contribution in [0.4, 0.5) is 0 Å². The number of imidazole rings is 1. The molecule has 0 aliphatic carbocycles. The smallest absolute Gasteiger partial charge is 0.279 e. The Hall–Kier alpha value is -0.920. The van der Waals surface area contributed by atoms with Crippen LogP contribution in [0.15, 0.2) is 12.5 Å². The Bertz CT molecular complexity index is 423. The van der Waals surface area contributed by atoms with Crippen LogP contribution < -0.4 is 4.72 Å². The van der Waals surface area contributed by atoms with Gasteiger partial charge in [0.1, 0.15) is 0 Å². The van der Waals surface area contributed by atoms with Gasteiger partial charge < -0.3 is 4.98 Å². The third kappa shape index (κ3) is 3.52. The van der Waals surface area contributed by atoms with Gasteiger partial charge in [-0.15, -0.1) is 0 Å². The van der Waals surface area contributed by atoms with Gasteiger partial charge in [0.25, 0.3) is 10.2 Å². The van der Waals surface area contributed by atoms with Crippen LogP contribution in [-0.4, -0.2) is 42.3 Å². The van der Waals surface area contributed by atoms with Crippen molar-refractivity contribution in [3.63, 3.8) is 0 Å². The molecule has 1 saturated heterocycles. The number of aromatic amines is 1. The Morgan fingerprint density at radius 1 is 1.35 bits per heavy atom. The van der Waals surface area contributed by atoms with Gasteiger partial charge in [0, 0.05) is 37.9 Å². The number of aromatic nitrogens is 2. The van der Waals surface area contributed by atoms with Crippen molar-refractivity contribution in [2.24, 2.45) is 0 Å². The molecule has 0 bridgehead atoms. The first kappa shape index (κ1) is 12.5. The van der Waals surface area contributed by atoms with Crippen molar-refractivity contribution in [1.29, 1.82) is 0 Å². The molecule has 0 spiro atoms. The summed E-state index contributed by atoms with van der Waals surface area (Å²) < 4.78 is 28.0. The highest BCUT2D eigenvalue weighted by Gasteiger charge is 2.22. The van der Waals surface area contributed by atoms with Crippen molar-refractivity contribution in [2.45, 2.75) is 25.7 Å². The Balaban J connectivity index is 1.80. The van der Waals surface area contributed by atoms with E-state index >= 15 is 0 Å². The highest BCUT2D eigenvalue weighted by Crippen LogP contribution is 2.11. The van der Waals surface area contributed by atoms with E-state index in [4.69, 9.17) is 0 Å². The summed E-state index contributed by atoms with van der Waals surface area (Å²) in [5.41, 5.74) is 0.936. The minimum atomic E-state index is -3.29. The molecular weight excluding hydrogens is 240 g/mol. The SMILES string of the molecule is O=S(=O)(NCCc1cnc[nH]1)N1CCCCC1. The molecule has 0 amide bonds. The van der Waals surface area contributed by atoms with Gasteiger partial charge in [-0.05, 0) is 12.8 Å². The zero-order valence-electron chi connectivity index (χ0n) is 9.72. The van der Waals surface area contributed by atoms with E-state index in [1.165, 1.54) is 4.31 Å². The van der Waals surface area contributed by atoms with Crippen LogP contribution in [0.25, 0.3) is 0 Å². The van der Waals surface area contributed by atoms with Crippen LogP contribution in [0.5, 0.6) is 0 Å². The molecule has 17 heavy (non-hydrogen) atoms. The lowest BCUT2D eigenvalue weighted by molar-refractivity contribution is 0.342. The summed E-state index contributed by atoms with van der Waals surface area (Å²) in [6.45, 7) is 1.68. The van der Waals surface area contributed by atoms with E-state index in [2.05, 4.69) is 14.7 Å². The molecule has 1 aliphatic rings. The molecule has 1 aromatic heterocycles. The van der Waals surface area contributed by atoms with Crippen LogP contribution in [0, 0.1) is 0 Å². The maximum absolute atomic E-state index is 11.9.